The number of unbranched alkanes of at least 4 members (excludes halogenated alkanes) is 1. The van der Waals surface area contributed by atoms with Gasteiger partial charge in [-0.3, -0.25) is 0 Å². The molecule has 0 fully saturated rings. The van der Waals surface area contributed by atoms with Crippen LogP contribution in [0.2, 0.25) is 0 Å². The van der Waals surface area contributed by atoms with Gasteiger partial charge in [0, 0.05) is 43.7 Å². The van der Waals surface area contributed by atoms with Gasteiger partial charge in [0.1, 0.15) is 5.82 Å². The zero-order chi connectivity index (χ0) is 15.4. The van der Waals surface area contributed by atoms with Crippen molar-refractivity contribution in [1.82, 2.24) is 19.8 Å². The smallest absolute Gasteiger partial charge is 0.111 e. The summed E-state index contributed by atoms with van der Waals surface area (Å²) in [4.78, 5) is 7.31. The van der Waals surface area contributed by atoms with Crippen LogP contribution >= 0.6 is 0 Å². The minimum Gasteiger partial charge on any atom is -0.331 e. The van der Waals surface area contributed by atoms with Gasteiger partial charge < -0.3 is 14.8 Å². The molecule has 0 unspecified atom stereocenters. The highest BCUT2D eigenvalue weighted by atomic mass is 15.1. The maximum Gasteiger partial charge on any atom is 0.111 e. The average molecular weight is 292 g/mol. The summed E-state index contributed by atoms with van der Waals surface area (Å²) in [5.41, 5.74) is 2.76. The molecule has 2 rings (SSSR count). The third kappa shape index (κ3) is 4.07. The number of nitrogens with zero attached hydrogens (tertiary/aromatic N) is 3. The molecule has 0 bridgehead atoms. The molecule has 1 aliphatic rings. The number of rotatable bonds is 7. The normalized spacial score (nSPS) is 15.2. The molecule has 4 nitrogen and oxygen atoms in total. The maximum absolute atomic E-state index is 4.88. The molecule has 0 saturated heterocycles. The third-order valence-corrected chi connectivity index (χ3v) is 4.56. The van der Waals surface area contributed by atoms with Gasteiger partial charge in [-0.1, -0.05) is 13.8 Å². The van der Waals surface area contributed by atoms with Crippen molar-refractivity contribution in [3.8, 4) is 0 Å². The lowest BCUT2D eigenvalue weighted by Crippen LogP contribution is -2.27. The molecule has 4 heteroatoms. The fourth-order valence-corrected chi connectivity index (χ4v) is 2.97. The number of hydrogen-bond donors (Lipinski definition) is 1. The summed E-state index contributed by atoms with van der Waals surface area (Å²) in [6.07, 6.45) is 3.63. The molecule has 2 heterocycles. The van der Waals surface area contributed by atoms with E-state index < -0.39 is 0 Å². The van der Waals surface area contributed by atoms with Gasteiger partial charge in [-0.2, -0.15) is 0 Å². The number of fused-ring (bicyclic) bond motifs is 1. The zero-order valence-electron chi connectivity index (χ0n) is 14.4. The average Bonchev–Trinajstić information content (AvgIpc) is 2.82. The van der Waals surface area contributed by atoms with Crippen molar-refractivity contribution < 1.29 is 0 Å². The first-order valence-electron chi connectivity index (χ1n) is 8.49. The highest BCUT2D eigenvalue weighted by molar-refractivity contribution is 5.21. The summed E-state index contributed by atoms with van der Waals surface area (Å²) in [5.74, 6) is 1.79. The first-order valence-corrected chi connectivity index (χ1v) is 8.49. The van der Waals surface area contributed by atoms with Crippen molar-refractivity contribution in [2.24, 2.45) is 0 Å². The Morgan fingerprint density at radius 3 is 2.67 bits per heavy atom. The van der Waals surface area contributed by atoms with Crippen LogP contribution < -0.4 is 5.32 Å². The van der Waals surface area contributed by atoms with Crippen LogP contribution in [0.25, 0.3) is 0 Å². The lowest BCUT2D eigenvalue weighted by molar-refractivity contribution is 0.266. The Morgan fingerprint density at radius 1 is 1.24 bits per heavy atom. The van der Waals surface area contributed by atoms with Crippen molar-refractivity contribution in [3.63, 3.8) is 0 Å². The molecule has 120 valence electrons. The highest BCUT2D eigenvalue weighted by Gasteiger charge is 2.20. The van der Waals surface area contributed by atoms with Gasteiger partial charge >= 0.3 is 0 Å². The van der Waals surface area contributed by atoms with Crippen LogP contribution in [-0.2, 0) is 19.5 Å². The molecule has 1 N–H and O–H groups in total. The number of nitrogens with one attached hydrogen (secondary N) is 1. The summed E-state index contributed by atoms with van der Waals surface area (Å²) in [5, 5.41) is 3.43. The molecule has 21 heavy (non-hydrogen) atoms. The van der Waals surface area contributed by atoms with Crippen LogP contribution in [0.3, 0.4) is 0 Å². The minimum absolute atomic E-state index is 0.508. The predicted octanol–water partition coefficient (Wildman–Crippen LogP) is 2.77. The molecular formula is C17H32N4. The van der Waals surface area contributed by atoms with E-state index in [2.05, 4.69) is 49.5 Å². The molecule has 1 aromatic heterocycles. The number of hydrogen-bond acceptors (Lipinski definition) is 3. The summed E-state index contributed by atoms with van der Waals surface area (Å²) in [6.45, 7) is 13.4. The van der Waals surface area contributed by atoms with Crippen LogP contribution in [0.1, 0.15) is 63.7 Å². The first-order chi connectivity index (χ1) is 10.0. The van der Waals surface area contributed by atoms with E-state index in [0.717, 1.165) is 26.1 Å². The number of imidazole rings is 1. The third-order valence-electron chi connectivity index (χ3n) is 4.56. The lowest BCUT2D eigenvalue weighted by Gasteiger charge is -2.21. The van der Waals surface area contributed by atoms with Crippen LogP contribution in [0.5, 0.6) is 0 Å². The highest BCUT2D eigenvalue weighted by Crippen LogP contribution is 2.22. The Bertz CT molecular complexity index is 448. The Morgan fingerprint density at radius 2 is 2.00 bits per heavy atom. The summed E-state index contributed by atoms with van der Waals surface area (Å²) < 4.78 is 2.51. The van der Waals surface area contributed by atoms with E-state index in [9.17, 15) is 0 Å². The second kappa shape index (κ2) is 7.41. The van der Waals surface area contributed by atoms with Crippen LogP contribution in [0.15, 0.2) is 0 Å². The van der Waals surface area contributed by atoms with Crippen molar-refractivity contribution in [3.05, 3.63) is 17.2 Å². The van der Waals surface area contributed by atoms with Gasteiger partial charge in [0.2, 0.25) is 0 Å². The van der Waals surface area contributed by atoms with E-state index >= 15 is 0 Å². The predicted molar refractivity (Wildman–Crippen MR) is 88.7 cm³/mol. The van der Waals surface area contributed by atoms with Gasteiger partial charge in [-0.15, -0.1) is 0 Å². The standard InChI is InChI=1S/C17H32N4/c1-13(2)17-19-15-12-18-9-8-16(15)21(17)11-7-6-10-20(5)14(3)4/h13-14,18H,6-12H2,1-5H3. The van der Waals surface area contributed by atoms with E-state index in [-0.39, 0.29) is 0 Å². The summed E-state index contributed by atoms with van der Waals surface area (Å²) in [6, 6.07) is 0.642. The zero-order valence-corrected chi connectivity index (χ0v) is 14.4. The Kier molecular flexibility index (Phi) is 5.82. The van der Waals surface area contributed by atoms with Gasteiger partial charge in [0.15, 0.2) is 0 Å². The maximum atomic E-state index is 4.88. The van der Waals surface area contributed by atoms with Crippen molar-refractivity contribution in [2.75, 3.05) is 20.1 Å². The second-order valence-electron chi connectivity index (χ2n) is 6.88. The summed E-state index contributed by atoms with van der Waals surface area (Å²) >= 11 is 0. The van der Waals surface area contributed by atoms with Crippen LogP contribution in [0, 0.1) is 0 Å². The Balaban J connectivity index is 1.97. The Labute approximate surface area is 129 Å². The van der Waals surface area contributed by atoms with Crippen molar-refractivity contribution in [2.45, 2.75) is 72.0 Å². The molecule has 0 aromatic carbocycles. The lowest BCUT2D eigenvalue weighted by atomic mass is 10.1. The number of aromatic nitrogens is 2. The van der Waals surface area contributed by atoms with Crippen LogP contribution in [0.4, 0.5) is 0 Å². The molecule has 0 amide bonds. The van der Waals surface area contributed by atoms with Crippen molar-refractivity contribution >= 4 is 0 Å². The fourth-order valence-electron chi connectivity index (χ4n) is 2.97. The fraction of sp³-hybridized carbons (Fsp3) is 0.824. The van der Waals surface area contributed by atoms with E-state index in [1.54, 1.807) is 0 Å². The Hall–Kier alpha value is -0.870. The second-order valence-corrected chi connectivity index (χ2v) is 6.88. The molecular weight excluding hydrogens is 260 g/mol. The minimum atomic E-state index is 0.508. The monoisotopic (exact) mass is 292 g/mol. The van der Waals surface area contributed by atoms with Crippen LogP contribution in [-0.4, -0.2) is 40.6 Å². The molecule has 0 radical (unpaired) electrons. The van der Waals surface area contributed by atoms with Gasteiger partial charge in [0.25, 0.3) is 0 Å². The molecule has 0 spiro atoms. The molecule has 1 aliphatic heterocycles. The largest absolute Gasteiger partial charge is 0.331 e. The SMILES string of the molecule is CC(C)c1nc2c(n1CCCCN(C)C(C)C)CCNC2. The summed E-state index contributed by atoms with van der Waals surface area (Å²) in [7, 11) is 2.22. The quantitative estimate of drug-likeness (QED) is 0.785. The van der Waals surface area contributed by atoms with E-state index in [1.165, 1.54) is 36.6 Å². The van der Waals surface area contributed by atoms with Crippen molar-refractivity contribution in [1.29, 1.82) is 0 Å². The van der Waals surface area contributed by atoms with Gasteiger partial charge in [-0.05, 0) is 40.3 Å². The molecule has 0 atom stereocenters. The molecule has 0 saturated carbocycles. The topological polar surface area (TPSA) is 33.1 Å². The van der Waals surface area contributed by atoms with Gasteiger partial charge in [0.05, 0.1) is 5.69 Å². The van der Waals surface area contributed by atoms with E-state index in [0.29, 0.717) is 12.0 Å². The van der Waals surface area contributed by atoms with E-state index in [1.807, 2.05) is 0 Å². The van der Waals surface area contributed by atoms with E-state index in [4.69, 9.17) is 4.98 Å². The molecule has 1 aromatic rings. The first kappa shape index (κ1) is 16.5. The molecule has 0 aliphatic carbocycles. The van der Waals surface area contributed by atoms with Gasteiger partial charge in [-0.25, -0.2) is 4.98 Å².